The van der Waals surface area contributed by atoms with Crippen LogP contribution in [0.1, 0.15) is 25.8 Å². The van der Waals surface area contributed by atoms with Crippen LogP contribution in [0.2, 0.25) is 0 Å². The van der Waals surface area contributed by atoms with E-state index in [1.165, 1.54) is 0 Å². The van der Waals surface area contributed by atoms with Crippen LogP contribution in [0.4, 0.5) is 4.39 Å². The van der Waals surface area contributed by atoms with Crippen molar-refractivity contribution in [1.29, 1.82) is 0 Å². The number of halogens is 1. The molecule has 18 heavy (non-hydrogen) atoms. The predicted molar refractivity (Wildman–Crippen MR) is 75.6 cm³/mol. The molecule has 0 unspecified atom stereocenters. The zero-order chi connectivity index (χ0) is 13.4. The Kier molecular flexibility index (Phi) is 7.32. The van der Waals surface area contributed by atoms with Crippen LogP contribution < -0.4 is 5.32 Å². The van der Waals surface area contributed by atoms with Gasteiger partial charge in [0.05, 0.1) is 0 Å². The normalized spacial score (nSPS) is 11.2. The minimum Gasteiger partial charge on any atom is -0.385 e. The van der Waals surface area contributed by atoms with E-state index >= 15 is 0 Å². The summed E-state index contributed by atoms with van der Waals surface area (Å²) in [4.78, 5) is 0.722. The molecule has 0 aromatic heterocycles. The summed E-state index contributed by atoms with van der Waals surface area (Å²) in [5.41, 5.74) is 0.988. The van der Waals surface area contributed by atoms with Gasteiger partial charge in [-0.1, -0.05) is 19.9 Å². The molecule has 0 aliphatic heterocycles. The number of ether oxygens (including phenoxy) is 1. The summed E-state index contributed by atoms with van der Waals surface area (Å²) in [6, 6.07) is 5.88. The molecule has 0 aliphatic rings. The third-order valence-electron chi connectivity index (χ3n) is 2.46. The average Bonchev–Trinajstić information content (AvgIpc) is 2.34. The molecule has 1 rings (SSSR count). The van der Waals surface area contributed by atoms with Crippen LogP contribution in [0.25, 0.3) is 0 Å². The first-order chi connectivity index (χ1) is 8.63. The van der Waals surface area contributed by atoms with Gasteiger partial charge in [0, 0.05) is 37.0 Å². The molecule has 4 heteroatoms. The quantitative estimate of drug-likeness (QED) is 0.578. The zero-order valence-corrected chi connectivity index (χ0v) is 12.1. The van der Waals surface area contributed by atoms with E-state index in [2.05, 4.69) is 19.2 Å². The molecular formula is C14H22FNOS. The molecule has 0 bridgehead atoms. The SMILES string of the molecule is COCCCSc1ccc(CNC(C)C)cc1F. The van der Waals surface area contributed by atoms with Gasteiger partial charge in [-0.05, 0) is 24.1 Å². The van der Waals surface area contributed by atoms with Gasteiger partial charge >= 0.3 is 0 Å². The molecule has 0 heterocycles. The number of hydrogen-bond donors (Lipinski definition) is 1. The van der Waals surface area contributed by atoms with Crippen molar-refractivity contribution in [3.63, 3.8) is 0 Å². The van der Waals surface area contributed by atoms with E-state index in [0.29, 0.717) is 12.6 Å². The predicted octanol–water partition coefficient (Wildman–Crippen LogP) is 3.45. The molecule has 1 aromatic carbocycles. The van der Waals surface area contributed by atoms with Crippen molar-refractivity contribution in [1.82, 2.24) is 5.32 Å². The number of benzene rings is 1. The summed E-state index contributed by atoms with van der Waals surface area (Å²) in [7, 11) is 1.68. The molecule has 0 radical (unpaired) electrons. The van der Waals surface area contributed by atoms with Crippen LogP contribution in [0, 0.1) is 5.82 Å². The van der Waals surface area contributed by atoms with Gasteiger partial charge in [-0.3, -0.25) is 0 Å². The van der Waals surface area contributed by atoms with Crippen LogP contribution in [0.5, 0.6) is 0 Å². The fraction of sp³-hybridized carbons (Fsp3) is 0.571. The van der Waals surface area contributed by atoms with E-state index in [1.54, 1.807) is 24.9 Å². The summed E-state index contributed by atoms with van der Waals surface area (Å²) in [5, 5.41) is 3.28. The lowest BCUT2D eigenvalue weighted by Crippen LogP contribution is -2.21. The van der Waals surface area contributed by atoms with Crippen LogP contribution in [-0.2, 0) is 11.3 Å². The number of thioether (sulfide) groups is 1. The van der Waals surface area contributed by atoms with Crippen molar-refractivity contribution in [2.75, 3.05) is 19.5 Å². The summed E-state index contributed by atoms with van der Waals surface area (Å²) in [6.45, 7) is 5.60. The Bertz CT molecular complexity index is 358. The fourth-order valence-electron chi connectivity index (χ4n) is 1.48. The van der Waals surface area contributed by atoms with E-state index in [4.69, 9.17) is 4.74 Å². The molecule has 1 aromatic rings. The number of rotatable bonds is 8. The molecule has 0 spiro atoms. The van der Waals surface area contributed by atoms with Crippen LogP contribution in [0.15, 0.2) is 23.1 Å². The zero-order valence-electron chi connectivity index (χ0n) is 11.3. The highest BCUT2D eigenvalue weighted by Gasteiger charge is 2.04. The molecule has 2 nitrogen and oxygen atoms in total. The highest BCUT2D eigenvalue weighted by atomic mass is 32.2. The van der Waals surface area contributed by atoms with Gasteiger partial charge in [-0.15, -0.1) is 11.8 Å². The Morgan fingerprint density at radius 2 is 2.17 bits per heavy atom. The Morgan fingerprint density at radius 3 is 2.78 bits per heavy atom. The summed E-state index contributed by atoms with van der Waals surface area (Å²) in [6.07, 6.45) is 0.942. The largest absolute Gasteiger partial charge is 0.385 e. The maximum atomic E-state index is 13.8. The van der Waals surface area contributed by atoms with Gasteiger partial charge in [-0.2, -0.15) is 0 Å². The van der Waals surface area contributed by atoms with E-state index in [1.807, 2.05) is 12.1 Å². The Hall–Kier alpha value is -0.580. The van der Waals surface area contributed by atoms with Crippen molar-refractivity contribution in [3.05, 3.63) is 29.6 Å². The highest BCUT2D eigenvalue weighted by molar-refractivity contribution is 7.99. The first-order valence-corrected chi connectivity index (χ1v) is 7.25. The maximum absolute atomic E-state index is 13.8. The molecule has 0 atom stereocenters. The van der Waals surface area contributed by atoms with Gasteiger partial charge in [0.2, 0.25) is 0 Å². The van der Waals surface area contributed by atoms with E-state index in [-0.39, 0.29) is 5.82 Å². The number of hydrogen-bond acceptors (Lipinski definition) is 3. The standard InChI is InChI=1S/C14H22FNOS/c1-11(2)16-10-12-5-6-14(13(15)9-12)18-8-4-7-17-3/h5-6,9,11,16H,4,7-8,10H2,1-3H3. The second-order valence-corrected chi connectivity index (χ2v) is 5.63. The van der Waals surface area contributed by atoms with Gasteiger partial charge in [0.15, 0.2) is 0 Å². The third kappa shape index (κ3) is 5.85. The Morgan fingerprint density at radius 1 is 1.39 bits per heavy atom. The molecule has 0 fully saturated rings. The number of methoxy groups -OCH3 is 1. The van der Waals surface area contributed by atoms with Crippen LogP contribution >= 0.6 is 11.8 Å². The first-order valence-electron chi connectivity index (χ1n) is 6.27. The lowest BCUT2D eigenvalue weighted by Gasteiger charge is -2.09. The van der Waals surface area contributed by atoms with Gasteiger partial charge in [0.25, 0.3) is 0 Å². The molecule has 0 amide bonds. The summed E-state index contributed by atoms with van der Waals surface area (Å²) < 4.78 is 18.8. The number of nitrogens with one attached hydrogen (secondary N) is 1. The third-order valence-corrected chi connectivity index (χ3v) is 3.60. The minimum atomic E-state index is -0.125. The lowest BCUT2D eigenvalue weighted by molar-refractivity contribution is 0.200. The van der Waals surface area contributed by atoms with Crippen molar-refractivity contribution in [2.45, 2.75) is 37.8 Å². The van der Waals surface area contributed by atoms with Gasteiger partial charge < -0.3 is 10.1 Å². The smallest absolute Gasteiger partial charge is 0.137 e. The topological polar surface area (TPSA) is 21.3 Å². The Balaban J connectivity index is 2.46. The van der Waals surface area contributed by atoms with E-state index in [0.717, 1.165) is 29.2 Å². The molecule has 0 aliphatic carbocycles. The van der Waals surface area contributed by atoms with Crippen molar-refractivity contribution in [3.8, 4) is 0 Å². The molecule has 0 saturated carbocycles. The monoisotopic (exact) mass is 271 g/mol. The molecule has 0 saturated heterocycles. The fourth-order valence-corrected chi connectivity index (χ4v) is 2.32. The van der Waals surface area contributed by atoms with E-state index in [9.17, 15) is 4.39 Å². The van der Waals surface area contributed by atoms with Crippen LogP contribution in [0.3, 0.4) is 0 Å². The van der Waals surface area contributed by atoms with E-state index < -0.39 is 0 Å². The van der Waals surface area contributed by atoms with Crippen molar-refractivity contribution >= 4 is 11.8 Å². The van der Waals surface area contributed by atoms with Gasteiger partial charge in [-0.25, -0.2) is 4.39 Å². The second kappa shape index (κ2) is 8.51. The van der Waals surface area contributed by atoms with Crippen molar-refractivity contribution < 1.29 is 9.13 Å². The first kappa shape index (κ1) is 15.5. The van der Waals surface area contributed by atoms with Crippen LogP contribution in [-0.4, -0.2) is 25.5 Å². The average molecular weight is 271 g/mol. The highest BCUT2D eigenvalue weighted by Crippen LogP contribution is 2.23. The molecule has 102 valence electrons. The van der Waals surface area contributed by atoms with Crippen molar-refractivity contribution in [2.24, 2.45) is 0 Å². The molecule has 1 N–H and O–H groups in total. The molecular weight excluding hydrogens is 249 g/mol. The lowest BCUT2D eigenvalue weighted by atomic mass is 10.2. The van der Waals surface area contributed by atoms with Gasteiger partial charge in [0.1, 0.15) is 5.82 Å². The minimum absolute atomic E-state index is 0.125. The summed E-state index contributed by atoms with van der Waals surface area (Å²) >= 11 is 1.54. The second-order valence-electron chi connectivity index (χ2n) is 4.50. The summed E-state index contributed by atoms with van der Waals surface area (Å²) in [5.74, 6) is 0.759. The maximum Gasteiger partial charge on any atom is 0.137 e. The Labute approximate surface area is 113 Å².